The summed E-state index contributed by atoms with van der Waals surface area (Å²) in [5.41, 5.74) is 3.87. The van der Waals surface area contributed by atoms with Gasteiger partial charge >= 0.3 is 11.8 Å². The highest BCUT2D eigenvalue weighted by Gasteiger charge is 2.20. The molecule has 1 aliphatic rings. The minimum absolute atomic E-state index is 0.114. The van der Waals surface area contributed by atoms with E-state index in [1.54, 1.807) is 0 Å². The first-order valence-corrected chi connectivity index (χ1v) is 10.7. The fourth-order valence-electron chi connectivity index (χ4n) is 4.11. The Balaban J connectivity index is 1.91. The molecular weight excluding hydrogens is 336 g/mol. The van der Waals surface area contributed by atoms with Gasteiger partial charge in [0.2, 0.25) is 0 Å². The van der Waals surface area contributed by atoms with E-state index in [-0.39, 0.29) is 6.04 Å². The van der Waals surface area contributed by atoms with Crippen molar-refractivity contribution >= 4 is 17.5 Å². The Labute approximate surface area is 164 Å². The van der Waals surface area contributed by atoms with Crippen LogP contribution in [0.2, 0.25) is 0 Å². The molecule has 1 aliphatic carbocycles. The molecule has 1 saturated carbocycles. The summed E-state index contributed by atoms with van der Waals surface area (Å²) in [6.45, 7) is 5.95. The fourth-order valence-corrected chi connectivity index (χ4v) is 4.11. The van der Waals surface area contributed by atoms with Crippen LogP contribution in [0.25, 0.3) is 0 Å². The van der Waals surface area contributed by atoms with Gasteiger partial charge in [-0.05, 0) is 44.7 Å². The summed E-state index contributed by atoms with van der Waals surface area (Å²) in [7, 11) is 0. The van der Waals surface area contributed by atoms with Crippen molar-refractivity contribution < 1.29 is 9.59 Å². The Hall–Kier alpha value is -1.84. The minimum atomic E-state index is -0.559. The molecule has 2 rings (SSSR count). The molecule has 1 aromatic rings. The highest BCUT2D eigenvalue weighted by Crippen LogP contribution is 2.22. The van der Waals surface area contributed by atoms with Crippen molar-refractivity contribution in [1.29, 1.82) is 0 Å². The molecule has 27 heavy (non-hydrogen) atoms. The van der Waals surface area contributed by atoms with Crippen LogP contribution in [0, 0.1) is 20.8 Å². The maximum Gasteiger partial charge on any atom is 0.313 e. The molecule has 150 valence electrons. The quantitative estimate of drug-likeness (QED) is 0.688. The Bertz CT molecular complexity index is 604. The molecule has 0 radical (unpaired) electrons. The zero-order chi connectivity index (χ0) is 19.6. The summed E-state index contributed by atoms with van der Waals surface area (Å²) >= 11 is 0. The molecular formula is C23H36N2O2. The predicted octanol–water partition coefficient (Wildman–Crippen LogP) is 5.34. The lowest BCUT2D eigenvalue weighted by molar-refractivity contribution is -0.136. The van der Waals surface area contributed by atoms with Crippen LogP contribution in [0.4, 0.5) is 5.69 Å². The maximum atomic E-state index is 12.5. The molecule has 4 nitrogen and oxygen atoms in total. The van der Waals surface area contributed by atoms with Crippen LogP contribution in [0.15, 0.2) is 12.1 Å². The van der Waals surface area contributed by atoms with Gasteiger partial charge in [0.05, 0.1) is 0 Å². The second-order valence-electron chi connectivity index (χ2n) is 8.16. The van der Waals surface area contributed by atoms with Crippen molar-refractivity contribution in [3.8, 4) is 0 Å². The Kier molecular flexibility index (Phi) is 8.83. The van der Waals surface area contributed by atoms with Gasteiger partial charge in [-0.1, -0.05) is 75.5 Å². The van der Waals surface area contributed by atoms with Crippen LogP contribution < -0.4 is 10.6 Å². The van der Waals surface area contributed by atoms with Gasteiger partial charge < -0.3 is 10.6 Å². The molecule has 2 N–H and O–H groups in total. The molecule has 0 unspecified atom stereocenters. The van der Waals surface area contributed by atoms with E-state index < -0.39 is 11.8 Å². The molecule has 0 bridgehead atoms. The van der Waals surface area contributed by atoms with Gasteiger partial charge in [0.25, 0.3) is 0 Å². The molecule has 0 aromatic heterocycles. The highest BCUT2D eigenvalue weighted by molar-refractivity contribution is 6.39. The molecule has 1 fully saturated rings. The number of aryl methyl sites for hydroxylation is 3. The van der Waals surface area contributed by atoms with E-state index in [1.807, 2.05) is 32.9 Å². The van der Waals surface area contributed by atoms with E-state index in [9.17, 15) is 9.59 Å². The third kappa shape index (κ3) is 7.36. The molecule has 0 heterocycles. The molecule has 2 amide bonds. The van der Waals surface area contributed by atoms with E-state index >= 15 is 0 Å². The van der Waals surface area contributed by atoms with Crippen LogP contribution in [0.3, 0.4) is 0 Å². The zero-order valence-corrected chi connectivity index (χ0v) is 17.3. The van der Waals surface area contributed by atoms with Gasteiger partial charge in [-0.25, -0.2) is 0 Å². The number of rotatable bonds is 2. The normalized spacial score (nSPS) is 17.4. The van der Waals surface area contributed by atoms with Gasteiger partial charge in [0.15, 0.2) is 0 Å². The number of hydrogen-bond acceptors (Lipinski definition) is 2. The fraction of sp³-hybridized carbons (Fsp3) is 0.652. The number of anilines is 1. The van der Waals surface area contributed by atoms with Crippen molar-refractivity contribution in [3.05, 3.63) is 28.8 Å². The second-order valence-corrected chi connectivity index (χ2v) is 8.16. The van der Waals surface area contributed by atoms with Gasteiger partial charge in [-0.2, -0.15) is 0 Å². The van der Waals surface area contributed by atoms with Crippen molar-refractivity contribution in [2.75, 3.05) is 5.32 Å². The van der Waals surface area contributed by atoms with E-state index in [4.69, 9.17) is 0 Å². The Morgan fingerprint density at radius 2 is 1.19 bits per heavy atom. The highest BCUT2D eigenvalue weighted by atomic mass is 16.2. The van der Waals surface area contributed by atoms with Crippen molar-refractivity contribution in [2.24, 2.45) is 0 Å². The number of benzene rings is 1. The lowest BCUT2D eigenvalue weighted by Crippen LogP contribution is -2.42. The number of carbonyl (C=O) groups excluding carboxylic acids is 2. The smallest absolute Gasteiger partial charge is 0.313 e. The Morgan fingerprint density at radius 1 is 0.741 bits per heavy atom. The number of hydrogen-bond donors (Lipinski definition) is 2. The summed E-state index contributed by atoms with van der Waals surface area (Å²) in [5.74, 6) is -1.07. The molecule has 0 spiro atoms. The minimum Gasteiger partial charge on any atom is -0.345 e. The average molecular weight is 373 g/mol. The molecule has 0 aliphatic heterocycles. The maximum absolute atomic E-state index is 12.5. The third-order valence-electron chi connectivity index (χ3n) is 5.56. The number of amides is 2. The summed E-state index contributed by atoms with van der Waals surface area (Å²) in [4.78, 5) is 24.9. The average Bonchev–Trinajstić information content (AvgIpc) is 2.60. The zero-order valence-electron chi connectivity index (χ0n) is 17.3. The van der Waals surface area contributed by atoms with Gasteiger partial charge in [0, 0.05) is 11.7 Å². The van der Waals surface area contributed by atoms with Crippen LogP contribution in [0.5, 0.6) is 0 Å². The SMILES string of the molecule is Cc1cc(C)c(NC(=O)C(=O)NC2CCCCCCCCCCC2)c(C)c1. The summed E-state index contributed by atoms with van der Waals surface area (Å²) in [6, 6.07) is 4.16. The Morgan fingerprint density at radius 3 is 1.67 bits per heavy atom. The van der Waals surface area contributed by atoms with Crippen LogP contribution in [-0.2, 0) is 9.59 Å². The van der Waals surface area contributed by atoms with E-state index in [1.165, 1.54) is 44.9 Å². The molecule has 0 atom stereocenters. The first-order valence-electron chi connectivity index (χ1n) is 10.7. The monoisotopic (exact) mass is 372 g/mol. The van der Waals surface area contributed by atoms with Crippen LogP contribution in [-0.4, -0.2) is 17.9 Å². The van der Waals surface area contributed by atoms with E-state index in [0.717, 1.165) is 48.1 Å². The summed E-state index contributed by atoms with van der Waals surface area (Å²) in [5, 5.41) is 5.80. The lowest BCUT2D eigenvalue weighted by Gasteiger charge is -2.20. The third-order valence-corrected chi connectivity index (χ3v) is 5.56. The predicted molar refractivity (Wildman–Crippen MR) is 112 cm³/mol. The second kappa shape index (κ2) is 11.1. The van der Waals surface area contributed by atoms with Crippen molar-refractivity contribution in [1.82, 2.24) is 5.32 Å². The van der Waals surface area contributed by atoms with Gasteiger partial charge in [-0.3, -0.25) is 9.59 Å². The summed E-state index contributed by atoms with van der Waals surface area (Å²) < 4.78 is 0. The number of nitrogens with one attached hydrogen (secondary N) is 2. The first-order chi connectivity index (χ1) is 13.0. The molecule has 1 aromatic carbocycles. The molecule has 4 heteroatoms. The van der Waals surface area contributed by atoms with E-state index in [2.05, 4.69) is 10.6 Å². The van der Waals surface area contributed by atoms with Gasteiger partial charge in [0.1, 0.15) is 0 Å². The molecule has 0 saturated heterocycles. The van der Waals surface area contributed by atoms with Crippen LogP contribution in [0.1, 0.15) is 87.3 Å². The first kappa shape index (κ1) is 21.5. The van der Waals surface area contributed by atoms with E-state index in [0.29, 0.717) is 0 Å². The summed E-state index contributed by atoms with van der Waals surface area (Å²) in [6.07, 6.45) is 13.2. The largest absolute Gasteiger partial charge is 0.345 e. The van der Waals surface area contributed by atoms with Crippen molar-refractivity contribution in [3.63, 3.8) is 0 Å². The van der Waals surface area contributed by atoms with Crippen molar-refractivity contribution in [2.45, 2.75) is 97.4 Å². The number of carbonyl (C=O) groups is 2. The van der Waals surface area contributed by atoms with Gasteiger partial charge in [-0.15, -0.1) is 0 Å². The lowest BCUT2D eigenvalue weighted by atomic mass is 9.98. The topological polar surface area (TPSA) is 58.2 Å². The standard InChI is InChI=1S/C23H36N2O2/c1-17-15-18(2)21(19(3)16-17)25-23(27)22(26)24-20-13-11-9-7-5-4-6-8-10-12-14-20/h15-16,20H,4-14H2,1-3H3,(H,24,26)(H,25,27). The van der Waals surface area contributed by atoms with Crippen LogP contribution >= 0.6 is 0 Å².